The van der Waals surface area contributed by atoms with E-state index in [1.54, 1.807) is 7.11 Å². The molecule has 0 aliphatic heterocycles. The van der Waals surface area contributed by atoms with Gasteiger partial charge < -0.3 is 4.74 Å². The molecule has 1 saturated carbocycles. The fourth-order valence-corrected chi connectivity index (χ4v) is 3.61. The first kappa shape index (κ1) is 14.6. The van der Waals surface area contributed by atoms with Gasteiger partial charge in [-0.05, 0) is 43.9 Å². The molecule has 0 atom stereocenters. The normalized spacial score (nSPS) is 17.5. The minimum absolute atomic E-state index is 0.217. The van der Waals surface area contributed by atoms with Gasteiger partial charge in [-0.3, -0.25) is 4.79 Å². The predicted octanol–water partition coefficient (Wildman–Crippen LogP) is 4.84. The largest absolute Gasteiger partial charge is 0.496 e. The molecule has 0 saturated heterocycles. The summed E-state index contributed by atoms with van der Waals surface area (Å²) in [6.45, 7) is 6.06. The molecule has 104 valence electrons. The zero-order valence-corrected chi connectivity index (χ0v) is 13.7. The lowest BCUT2D eigenvalue weighted by Gasteiger charge is -2.25. The van der Waals surface area contributed by atoms with Crippen LogP contribution in [0, 0.1) is 19.3 Å². The number of aryl methyl sites for hydroxylation is 1. The highest BCUT2D eigenvalue weighted by Gasteiger charge is 2.39. The van der Waals surface area contributed by atoms with Crippen molar-refractivity contribution in [3.63, 3.8) is 0 Å². The van der Waals surface area contributed by atoms with Crippen LogP contribution in [0.3, 0.4) is 0 Å². The summed E-state index contributed by atoms with van der Waals surface area (Å²) in [6.07, 6.45) is 4.27. The predicted molar refractivity (Wildman–Crippen MR) is 81.1 cm³/mol. The standard InChI is InChI=1S/C16H21BrO2/c1-10-9-12(17)11(2)13(14(10)19-4)15(18)16(3)7-5-6-8-16/h9H,5-8H2,1-4H3. The van der Waals surface area contributed by atoms with Gasteiger partial charge in [0.05, 0.1) is 12.7 Å². The number of carbonyl (C=O) groups is 1. The number of ether oxygens (including phenoxy) is 1. The van der Waals surface area contributed by atoms with Gasteiger partial charge in [-0.1, -0.05) is 35.7 Å². The molecule has 1 aromatic carbocycles. The molecule has 1 aliphatic carbocycles. The molecule has 2 rings (SSSR count). The number of Topliss-reactive ketones (excluding diaryl/α,β-unsaturated/α-hetero) is 1. The zero-order chi connectivity index (χ0) is 14.2. The second-order valence-corrected chi connectivity index (χ2v) is 6.66. The Morgan fingerprint density at radius 2 is 1.89 bits per heavy atom. The molecule has 0 radical (unpaired) electrons. The maximum Gasteiger partial charge on any atom is 0.172 e. The van der Waals surface area contributed by atoms with Crippen LogP contribution in [0.25, 0.3) is 0 Å². The maximum absolute atomic E-state index is 13.0. The average Bonchev–Trinajstić information content (AvgIpc) is 2.81. The van der Waals surface area contributed by atoms with Crippen LogP contribution in [0.4, 0.5) is 0 Å². The second kappa shape index (κ2) is 5.28. The van der Waals surface area contributed by atoms with E-state index in [2.05, 4.69) is 22.9 Å². The smallest absolute Gasteiger partial charge is 0.172 e. The molecule has 0 aromatic heterocycles. The molecule has 0 unspecified atom stereocenters. The van der Waals surface area contributed by atoms with Gasteiger partial charge in [-0.15, -0.1) is 0 Å². The van der Waals surface area contributed by atoms with Gasteiger partial charge in [-0.25, -0.2) is 0 Å². The zero-order valence-electron chi connectivity index (χ0n) is 12.1. The van der Waals surface area contributed by atoms with Gasteiger partial charge in [0.15, 0.2) is 5.78 Å². The highest BCUT2D eigenvalue weighted by molar-refractivity contribution is 9.10. The van der Waals surface area contributed by atoms with Crippen LogP contribution in [-0.2, 0) is 0 Å². The summed E-state index contributed by atoms with van der Waals surface area (Å²) in [5, 5.41) is 0. The summed E-state index contributed by atoms with van der Waals surface area (Å²) >= 11 is 3.55. The van der Waals surface area contributed by atoms with Crippen molar-refractivity contribution in [2.24, 2.45) is 5.41 Å². The van der Waals surface area contributed by atoms with Crippen LogP contribution in [0.5, 0.6) is 5.75 Å². The lowest BCUT2D eigenvalue weighted by Crippen LogP contribution is -2.26. The fourth-order valence-electron chi connectivity index (χ4n) is 3.07. The monoisotopic (exact) mass is 324 g/mol. The summed E-state index contributed by atoms with van der Waals surface area (Å²) in [5.74, 6) is 0.975. The van der Waals surface area contributed by atoms with E-state index in [-0.39, 0.29) is 11.2 Å². The third-order valence-corrected chi connectivity index (χ3v) is 5.17. The van der Waals surface area contributed by atoms with Crippen LogP contribution in [0.1, 0.15) is 54.1 Å². The third kappa shape index (κ3) is 2.45. The van der Waals surface area contributed by atoms with Gasteiger partial charge >= 0.3 is 0 Å². The van der Waals surface area contributed by atoms with Crippen molar-refractivity contribution in [1.29, 1.82) is 0 Å². The minimum Gasteiger partial charge on any atom is -0.496 e. The van der Waals surface area contributed by atoms with Gasteiger partial charge in [0.2, 0.25) is 0 Å². The van der Waals surface area contributed by atoms with Gasteiger partial charge in [-0.2, -0.15) is 0 Å². The Morgan fingerprint density at radius 1 is 1.32 bits per heavy atom. The Kier molecular flexibility index (Phi) is 4.05. The molecule has 0 spiro atoms. The second-order valence-electron chi connectivity index (χ2n) is 5.81. The first-order chi connectivity index (χ1) is 8.90. The van der Waals surface area contributed by atoms with Gasteiger partial charge in [0.1, 0.15) is 5.75 Å². The molecule has 1 aromatic rings. The summed E-state index contributed by atoms with van der Waals surface area (Å²) in [4.78, 5) is 13.0. The third-order valence-electron chi connectivity index (χ3n) is 4.35. The number of carbonyl (C=O) groups excluding carboxylic acids is 1. The molecule has 2 nitrogen and oxygen atoms in total. The van der Waals surface area contributed by atoms with Gasteiger partial charge in [0.25, 0.3) is 0 Å². The van der Waals surface area contributed by atoms with Crippen LogP contribution >= 0.6 is 15.9 Å². The van der Waals surface area contributed by atoms with E-state index in [4.69, 9.17) is 4.74 Å². The SMILES string of the molecule is COc1c(C)cc(Br)c(C)c1C(=O)C1(C)CCCC1. The molecule has 0 amide bonds. The van der Waals surface area contributed by atoms with Crippen molar-refractivity contribution >= 4 is 21.7 Å². The van der Waals surface area contributed by atoms with E-state index in [1.807, 2.05) is 19.9 Å². The Bertz CT molecular complexity index is 514. The molecule has 19 heavy (non-hydrogen) atoms. The van der Waals surface area contributed by atoms with Crippen LogP contribution < -0.4 is 4.74 Å². The Labute approximate surface area is 123 Å². The topological polar surface area (TPSA) is 26.3 Å². The summed E-state index contributed by atoms with van der Waals surface area (Å²) in [7, 11) is 1.64. The number of hydrogen-bond acceptors (Lipinski definition) is 2. The van der Waals surface area contributed by atoms with Crippen molar-refractivity contribution in [3.8, 4) is 5.75 Å². The Hall–Kier alpha value is -0.830. The lowest BCUT2D eigenvalue weighted by atomic mass is 9.79. The minimum atomic E-state index is -0.217. The molecular formula is C16H21BrO2. The van der Waals surface area contributed by atoms with E-state index in [9.17, 15) is 4.79 Å². The molecular weight excluding hydrogens is 304 g/mol. The van der Waals surface area contributed by atoms with Crippen molar-refractivity contribution in [2.75, 3.05) is 7.11 Å². The van der Waals surface area contributed by atoms with E-state index < -0.39 is 0 Å². The highest BCUT2D eigenvalue weighted by Crippen LogP contribution is 2.44. The number of hydrogen-bond donors (Lipinski definition) is 0. The van der Waals surface area contributed by atoms with Crippen molar-refractivity contribution < 1.29 is 9.53 Å². The van der Waals surface area contributed by atoms with Crippen molar-refractivity contribution in [2.45, 2.75) is 46.5 Å². The maximum atomic E-state index is 13.0. The highest BCUT2D eigenvalue weighted by atomic mass is 79.9. The van der Waals surface area contributed by atoms with Crippen molar-refractivity contribution in [1.82, 2.24) is 0 Å². The quantitative estimate of drug-likeness (QED) is 0.744. The van der Waals surface area contributed by atoms with E-state index in [0.717, 1.165) is 52.6 Å². The van der Waals surface area contributed by atoms with E-state index in [1.165, 1.54) is 0 Å². The van der Waals surface area contributed by atoms with E-state index in [0.29, 0.717) is 0 Å². The molecule has 0 N–H and O–H groups in total. The molecule has 3 heteroatoms. The average molecular weight is 325 g/mol. The van der Waals surface area contributed by atoms with Crippen LogP contribution in [0.15, 0.2) is 10.5 Å². The number of ketones is 1. The molecule has 1 fully saturated rings. The summed E-state index contributed by atoms with van der Waals surface area (Å²) < 4.78 is 6.48. The van der Waals surface area contributed by atoms with Crippen LogP contribution in [-0.4, -0.2) is 12.9 Å². The number of benzene rings is 1. The molecule has 0 bridgehead atoms. The molecule has 1 aliphatic rings. The fraction of sp³-hybridized carbons (Fsp3) is 0.562. The molecule has 0 heterocycles. The van der Waals surface area contributed by atoms with Crippen molar-refractivity contribution in [3.05, 3.63) is 27.2 Å². The number of halogens is 1. The first-order valence-electron chi connectivity index (χ1n) is 6.79. The number of rotatable bonds is 3. The number of methoxy groups -OCH3 is 1. The Morgan fingerprint density at radius 3 is 2.42 bits per heavy atom. The van der Waals surface area contributed by atoms with Gasteiger partial charge in [0, 0.05) is 9.89 Å². The summed E-state index contributed by atoms with van der Waals surface area (Å²) in [6, 6.07) is 2.02. The van der Waals surface area contributed by atoms with E-state index >= 15 is 0 Å². The van der Waals surface area contributed by atoms with Crippen LogP contribution in [0.2, 0.25) is 0 Å². The Balaban J connectivity index is 2.58. The lowest BCUT2D eigenvalue weighted by molar-refractivity contribution is 0.0819. The first-order valence-corrected chi connectivity index (χ1v) is 7.58. The summed E-state index contributed by atoms with van der Waals surface area (Å²) in [5.41, 5.74) is 2.54.